The maximum Gasteiger partial charge on any atom is 0.0407 e. The van der Waals surface area contributed by atoms with Crippen molar-refractivity contribution < 1.29 is 0 Å². The largest absolute Gasteiger partial charge is 0.385 e. The third-order valence-electron chi connectivity index (χ3n) is 2.70. The molecule has 2 aromatic carbocycles. The molecule has 4 heteroatoms. The maximum atomic E-state index is 5.83. The van der Waals surface area contributed by atoms with Gasteiger partial charge in [-0.25, -0.2) is 0 Å². The second kappa shape index (κ2) is 7.27. The molecule has 0 bridgehead atoms. The molecule has 0 unspecified atom stereocenters. The molecule has 2 nitrogen and oxygen atoms in total. The molecule has 19 heavy (non-hydrogen) atoms. The second-order valence-electron chi connectivity index (χ2n) is 4.22. The summed E-state index contributed by atoms with van der Waals surface area (Å²) in [5.41, 5.74) is 2.19. The van der Waals surface area contributed by atoms with Crippen LogP contribution in [-0.2, 0) is 0 Å². The van der Waals surface area contributed by atoms with Gasteiger partial charge in [-0.2, -0.15) is 0 Å². The average Bonchev–Trinajstić information content (AvgIpc) is 2.43. The molecule has 0 aliphatic heterocycles. The minimum atomic E-state index is 0.759. The normalized spacial score (nSPS) is 10.2. The first kappa shape index (κ1) is 14.0. The Morgan fingerprint density at radius 3 is 1.37 bits per heavy atom. The van der Waals surface area contributed by atoms with Crippen molar-refractivity contribution in [1.82, 2.24) is 0 Å². The lowest BCUT2D eigenvalue weighted by molar-refractivity contribution is 0.909. The van der Waals surface area contributed by atoms with Gasteiger partial charge in [-0.1, -0.05) is 23.2 Å². The van der Waals surface area contributed by atoms with E-state index in [9.17, 15) is 0 Å². The lowest BCUT2D eigenvalue weighted by Gasteiger charge is -2.08. The van der Waals surface area contributed by atoms with E-state index in [1.165, 1.54) is 0 Å². The van der Waals surface area contributed by atoms with E-state index in [2.05, 4.69) is 10.6 Å². The van der Waals surface area contributed by atoms with Gasteiger partial charge >= 0.3 is 0 Å². The minimum absolute atomic E-state index is 0.759. The number of benzene rings is 2. The third kappa shape index (κ3) is 5.01. The van der Waals surface area contributed by atoms with E-state index >= 15 is 0 Å². The Bertz CT molecular complexity index is 447. The summed E-state index contributed by atoms with van der Waals surface area (Å²) in [5.74, 6) is 0. The molecule has 0 saturated heterocycles. The van der Waals surface area contributed by atoms with Gasteiger partial charge in [0.2, 0.25) is 0 Å². The second-order valence-corrected chi connectivity index (χ2v) is 5.09. The van der Waals surface area contributed by atoms with Crippen LogP contribution in [0, 0.1) is 0 Å². The fourth-order valence-electron chi connectivity index (χ4n) is 1.69. The van der Waals surface area contributed by atoms with Gasteiger partial charge in [0.15, 0.2) is 0 Å². The first-order valence-electron chi connectivity index (χ1n) is 6.23. The van der Waals surface area contributed by atoms with Crippen LogP contribution in [0.1, 0.15) is 6.42 Å². The van der Waals surface area contributed by atoms with Crippen molar-refractivity contribution in [3.05, 3.63) is 58.6 Å². The molecule has 0 heterocycles. The van der Waals surface area contributed by atoms with E-state index in [4.69, 9.17) is 23.2 Å². The number of hydrogen-bond donors (Lipinski definition) is 2. The fourth-order valence-corrected chi connectivity index (χ4v) is 1.94. The van der Waals surface area contributed by atoms with Gasteiger partial charge in [0.05, 0.1) is 0 Å². The summed E-state index contributed by atoms with van der Waals surface area (Å²) < 4.78 is 0. The summed E-state index contributed by atoms with van der Waals surface area (Å²) >= 11 is 11.7. The van der Waals surface area contributed by atoms with Crippen LogP contribution in [0.5, 0.6) is 0 Å². The zero-order valence-corrected chi connectivity index (χ0v) is 12.0. The van der Waals surface area contributed by atoms with E-state index in [1.54, 1.807) is 0 Å². The van der Waals surface area contributed by atoms with Crippen LogP contribution in [-0.4, -0.2) is 13.1 Å². The lowest BCUT2D eigenvalue weighted by atomic mass is 10.3. The standard InChI is InChI=1S/C15H16Cl2N2/c16-12-2-6-14(7-3-12)18-10-1-11-19-15-8-4-13(17)5-9-15/h2-9,18-19H,1,10-11H2. The van der Waals surface area contributed by atoms with Crippen molar-refractivity contribution in [1.29, 1.82) is 0 Å². The van der Waals surface area contributed by atoms with Gasteiger partial charge in [0, 0.05) is 34.5 Å². The molecule has 0 saturated carbocycles. The van der Waals surface area contributed by atoms with Crippen LogP contribution in [0.3, 0.4) is 0 Å². The molecule has 2 aromatic rings. The number of halogens is 2. The molecule has 0 aliphatic rings. The van der Waals surface area contributed by atoms with Gasteiger partial charge in [0.1, 0.15) is 0 Å². The third-order valence-corrected chi connectivity index (χ3v) is 3.20. The average molecular weight is 295 g/mol. The van der Waals surface area contributed by atoms with Crippen LogP contribution < -0.4 is 10.6 Å². The monoisotopic (exact) mass is 294 g/mol. The van der Waals surface area contributed by atoms with E-state index in [0.29, 0.717) is 0 Å². The Morgan fingerprint density at radius 2 is 1.00 bits per heavy atom. The van der Waals surface area contributed by atoms with Crippen LogP contribution in [0.15, 0.2) is 48.5 Å². The van der Waals surface area contributed by atoms with Crippen molar-refractivity contribution in [3.8, 4) is 0 Å². The van der Waals surface area contributed by atoms with Gasteiger partial charge in [-0.05, 0) is 55.0 Å². The molecule has 0 aromatic heterocycles. The summed E-state index contributed by atoms with van der Waals surface area (Å²) in [6.45, 7) is 1.84. The first-order chi connectivity index (χ1) is 9.24. The summed E-state index contributed by atoms with van der Waals surface area (Å²) in [4.78, 5) is 0. The molecular formula is C15H16Cl2N2. The van der Waals surface area contributed by atoms with Crippen LogP contribution in [0.4, 0.5) is 11.4 Å². The van der Waals surface area contributed by atoms with Gasteiger partial charge in [-0.15, -0.1) is 0 Å². The quantitative estimate of drug-likeness (QED) is 0.740. The number of hydrogen-bond acceptors (Lipinski definition) is 2. The van der Waals surface area contributed by atoms with Crippen molar-refractivity contribution in [3.63, 3.8) is 0 Å². The Hall–Kier alpha value is -1.38. The summed E-state index contributed by atoms with van der Waals surface area (Å²) in [5, 5.41) is 8.21. The Kier molecular flexibility index (Phi) is 5.37. The summed E-state index contributed by atoms with van der Waals surface area (Å²) in [7, 11) is 0. The predicted octanol–water partition coefficient (Wildman–Crippen LogP) is 4.91. The van der Waals surface area contributed by atoms with Crippen LogP contribution in [0.25, 0.3) is 0 Å². The molecular weight excluding hydrogens is 279 g/mol. The summed E-state index contributed by atoms with van der Waals surface area (Å²) in [6.07, 6.45) is 1.03. The van der Waals surface area contributed by atoms with Crippen molar-refractivity contribution in [2.24, 2.45) is 0 Å². The van der Waals surface area contributed by atoms with Gasteiger partial charge in [-0.3, -0.25) is 0 Å². The highest BCUT2D eigenvalue weighted by Crippen LogP contribution is 2.14. The van der Waals surface area contributed by atoms with E-state index in [-0.39, 0.29) is 0 Å². The molecule has 2 N–H and O–H groups in total. The number of nitrogens with one attached hydrogen (secondary N) is 2. The topological polar surface area (TPSA) is 24.1 Å². The number of anilines is 2. The lowest BCUT2D eigenvalue weighted by Crippen LogP contribution is -2.08. The Morgan fingerprint density at radius 1 is 0.632 bits per heavy atom. The SMILES string of the molecule is Clc1ccc(NCCCNc2ccc(Cl)cc2)cc1. The van der Waals surface area contributed by atoms with Gasteiger partial charge < -0.3 is 10.6 Å². The van der Waals surface area contributed by atoms with Crippen LogP contribution >= 0.6 is 23.2 Å². The molecule has 2 rings (SSSR count). The molecule has 0 radical (unpaired) electrons. The van der Waals surface area contributed by atoms with E-state index in [0.717, 1.165) is 40.9 Å². The zero-order chi connectivity index (χ0) is 13.5. The zero-order valence-electron chi connectivity index (χ0n) is 10.5. The van der Waals surface area contributed by atoms with Crippen molar-refractivity contribution in [2.45, 2.75) is 6.42 Å². The smallest absolute Gasteiger partial charge is 0.0407 e. The first-order valence-corrected chi connectivity index (χ1v) is 6.98. The Labute approximate surface area is 123 Å². The molecule has 0 fully saturated rings. The molecule has 0 aliphatic carbocycles. The molecule has 0 atom stereocenters. The number of rotatable bonds is 6. The summed E-state index contributed by atoms with van der Waals surface area (Å²) in [6, 6.07) is 15.5. The van der Waals surface area contributed by atoms with Crippen molar-refractivity contribution in [2.75, 3.05) is 23.7 Å². The highest BCUT2D eigenvalue weighted by atomic mass is 35.5. The minimum Gasteiger partial charge on any atom is -0.385 e. The fraction of sp³-hybridized carbons (Fsp3) is 0.200. The van der Waals surface area contributed by atoms with E-state index < -0.39 is 0 Å². The van der Waals surface area contributed by atoms with E-state index in [1.807, 2.05) is 48.5 Å². The predicted molar refractivity (Wildman–Crippen MR) is 84.5 cm³/mol. The van der Waals surface area contributed by atoms with Crippen LogP contribution in [0.2, 0.25) is 10.0 Å². The molecule has 0 spiro atoms. The van der Waals surface area contributed by atoms with Crippen molar-refractivity contribution >= 4 is 34.6 Å². The molecule has 100 valence electrons. The highest BCUT2D eigenvalue weighted by molar-refractivity contribution is 6.30. The van der Waals surface area contributed by atoms with Gasteiger partial charge in [0.25, 0.3) is 0 Å². The highest BCUT2D eigenvalue weighted by Gasteiger charge is 1.94. The Balaban J connectivity index is 1.64. The molecule has 0 amide bonds. The maximum absolute atomic E-state index is 5.83.